The van der Waals surface area contributed by atoms with Crippen LogP contribution >= 0.6 is 0 Å². The van der Waals surface area contributed by atoms with E-state index in [0.717, 1.165) is 51.2 Å². The maximum absolute atomic E-state index is 14.8. The number of halogens is 3. The summed E-state index contributed by atoms with van der Waals surface area (Å²) in [5, 5.41) is 0. The first-order valence-corrected chi connectivity index (χ1v) is 30.6. The van der Waals surface area contributed by atoms with Crippen molar-refractivity contribution in [3.05, 3.63) is 213 Å². The molecule has 10 nitrogen and oxygen atoms in total. The maximum Gasteiger partial charge on any atom is 0.416 e. The van der Waals surface area contributed by atoms with Gasteiger partial charge in [0, 0.05) is 38.7 Å². The van der Waals surface area contributed by atoms with Gasteiger partial charge in [-0.1, -0.05) is 133 Å². The largest absolute Gasteiger partial charge is 0.416 e. The van der Waals surface area contributed by atoms with Gasteiger partial charge in [-0.05, 0) is 145 Å². The van der Waals surface area contributed by atoms with Gasteiger partial charge >= 0.3 is 6.18 Å². The molecule has 7 aromatic rings. The minimum absolute atomic E-state index is 0.0287. The first-order valence-electron chi connectivity index (χ1n) is 23.9. The molecule has 7 aromatic carbocycles. The van der Waals surface area contributed by atoms with Crippen LogP contribution in [-0.2, 0) is 72.0 Å². The van der Waals surface area contributed by atoms with E-state index in [1.807, 2.05) is 55.5 Å². The highest BCUT2D eigenvalue weighted by atomic mass is 32.2. The van der Waals surface area contributed by atoms with Crippen molar-refractivity contribution in [1.29, 1.82) is 0 Å². The first-order chi connectivity index (χ1) is 35.1. The molecule has 0 saturated carbocycles. The van der Waals surface area contributed by atoms with Gasteiger partial charge in [0.1, 0.15) is 0 Å². The average Bonchev–Trinajstić information content (AvgIpc) is 3.32. The number of allylic oxidation sites excluding steroid dienone is 1. The Morgan fingerprint density at radius 2 is 0.867 bits per heavy atom. The topological polar surface area (TPSA) is 143 Å². The summed E-state index contributed by atoms with van der Waals surface area (Å²) in [6.45, 7) is 8.38. The Labute approximate surface area is 440 Å². The van der Waals surface area contributed by atoms with Crippen molar-refractivity contribution in [2.75, 3.05) is 19.1 Å². The number of benzene rings is 7. The number of sulfonamides is 2. The maximum atomic E-state index is 14.8. The fourth-order valence-electron chi connectivity index (χ4n) is 9.33. The second-order valence-electron chi connectivity index (χ2n) is 19.1. The van der Waals surface area contributed by atoms with Crippen LogP contribution < -0.4 is 0 Å². The van der Waals surface area contributed by atoms with E-state index in [4.69, 9.17) is 0 Å². The molecule has 0 saturated heterocycles. The van der Waals surface area contributed by atoms with E-state index in [-0.39, 0.29) is 51.3 Å². The molecule has 0 amide bonds. The van der Waals surface area contributed by atoms with Gasteiger partial charge in [-0.25, -0.2) is 33.7 Å². The predicted molar refractivity (Wildman–Crippen MR) is 289 cm³/mol. The molecular formula is C58H59F3N2O8S4. The molecule has 0 atom stereocenters. The smallest absolute Gasteiger partial charge is 0.224 e. The third-order valence-corrected chi connectivity index (χ3v) is 19.3. The molecule has 75 heavy (non-hydrogen) atoms. The number of nitrogens with zero attached hydrogens (tertiary/aromatic N) is 2. The molecule has 7 rings (SSSR count). The molecule has 0 fully saturated rings. The summed E-state index contributed by atoms with van der Waals surface area (Å²) in [7, 11) is -15.3. The van der Waals surface area contributed by atoms with E-state index in [0.29, 0.717) is 57.3 Å². The predicted octanol–water partition coefficient (Wildman–Crippen LogP) is 12.2. The van der Waals surface area contributed by atoms with Gasteiger partial charge < -0.3 is 0 Å². The average molecular weight is 1100 g/mol. The number of hydrogen-bond donors (Lipinski definition) is 0. The Morgan fingerprint density at radius 3 is 1.33 bits per heavy atom. The molecule has 0 aliphatic carbocycles. The van der Waals surface area contributed by atoms with Crippen LogP contribution in [0.2, 0.25) is 0 Å². The van der Waals surface area contributed by atoms with Gasteiger partial charge in [0.2, 0.25) is 20.0 Å². The van der Waals surface area contributed by atoms with Crippen molar-refractivity contribution in [3.63, 3.8) is 0 Å². The van der Waals surface area contributed by atoms with Gasteiger partial charge in [-0.2, -0.15) is 21.8 Å². The molecule has 17 heteroatoms. The number of hydrogen-bond acceptors (Lipinski definition) is 8. The molecule has 0 bridgehead atoms. The van der Waals surface area contributed by atoms with Crippen molar-refractivity contribution in [1.82, 2.24) is 8.61 Å². The lowest BCUT2D eigenvalue weighted by atomic mass is 10.0. The minimum atomic E-state index is -4.65. The van der Waals surface area contributed by atoms with E-state index in [1.165, 1.54) is 28.6 Å². The Balaban J connectivity index is 1.11. The summed E-state index contributed by atoms with van der Waals surface area (Å²) in [6.07, 6.45) is 2.27. The van der Waals surface area contributed by atoms with Crippen LogP contribution in [0.4, 0.5) is 13.2 Å². The van der Waals surface area contributed by atoms with Crippen LogP contribution in [0.15, 0.2) is 177 Å². The fraction of sp³-hybridized carbons (Fsp3) is 0.241. The van der Waals surface area contributed by atoms with Crippen molar-refractivity contribution in [3.8, 4) is 22.3 Å². The SMILES string of the molecule is Cc1cc(C)c(S(=O)(=O)N(C/C=C/CCc2cc(C)c(S(=O)(=O)N(Cc3ccc(-c4cccc(S(C)(=O)=O)c4)cc3)Cc3cccc(C(F)(F)F)c3)c(C)c2)Cc2ccc(-c3cccc(S(C)(=O)=O)c3)cc2)c(C)c1. The van der Waals surface area contributed by atoms with Gasteiger partial charge in [0.05, 0.1) is 25.1 Å². The van der Waals surface area contributed by atoms with Crippen LogP contribution in [0.5, 0.6) is 0 Å². The Morgan fingerprint density at radius 1 is 0.440 bits per heavy atom. The summed E-state index contributed by atoms with van der Waals surface area (Å²) >= 11 is 0. The zero-order valence-corrected chi connectivity index (χ0v) is 45.9. The lowest BCUT2D eigenvalue weighted by Gasteiger charge is -2.25. The van der Waals surface area contributed by atoms with Crippen molar-refractivity contribution >= 4 is 39.7 Å². The summed E-state index contributed by atoms with van der Waals surface area (Å²) in [4.78, 5) is 0.601. The second-order valence-corrected chi connectivity index (χ2v) is 26.8. The Hall–Kier alpha value is -6.21. The van der Waals surface area contributed by atoms with Crippen molar-refractivity contribution in [2.45, 2.75) is 92.9 Å². The highest BCUT2D eigenvalue weighted by Gasteiger charge is 2.33. The highest BCUT2D eigenvalue weighted by Crippen LogP contribution is 2.34. The van der Waals surface area contributed by atoms with E-state index < -0.39 is 51.5 Å². The van der Waals surface area contributed by atoms with Crippen LogP contribution in [0.3, 0.4) is 0 Å². The molecule has 394 valence electrons. The zero-order valence-electron chi connectivity index (χ0n) is 42.7. The van der Waals surface area contributed by atoms with Gasteiger partial charge in [-0.3, -0.25) is 0 Å². The van der Waals surface area contributed by atoms with Gasteiger partial charge in [0.15, 0.2) is 19.7 Å². The zero-order chi connectivity index (χ0) is 54.7. The molecular weight excluding hydrogens is 1040 g/mol. The van der Waals surface area contributed by atoms with E-state index in [9.17, 15) is 46.8 Å². The number of sulfone groups is 2. The molecule has 0 spiro atoms. The van der Waals surface area contributed by atoms with Gasteiger partial charge in [0.25, 0.3) is 0 Å². The molecule has 0 unspecified atom stereocenters. The quantitative estimate of drug-likeness (QED) is 0.0729. The van der Waals surface area contributed by atoms with Crippen LogP contribution in [0.25, 0.3) is 22.3 Å². The fourth-order valence-corrected chi connectivity index (χ4v) is 14.3. The third kappa shape index (κ3) is 13.8. The van der Waals surface area contributed by atoms with Crippen molar-refractivity contribution in [2.24, 2.45) is 0 Å². The van der Waals surface area contributed by atoms with Gasteiger partial charge in [-0.15, -0.1) is 0 Å². The summed E-state index contributed by atoms with van der Waals surface area (Å²) in [5.41, 5.74) is 7.22. The van der Waals surface area contributed by atoms with Crippen LogP contribution in [0, 0.1) is 34.6 Å². The first kappa shape index (κ1) is 56.5. The molecule has 0 aliphatic rings. The molecule has 0 aliphatic heterocycles. The molecule has 0 N–H and O–H groups in total. The number of alkyl halides is 3. The number of aryl methyl sites for hydroxylation is 6. The summed E-state index contributed by atoms with van der Waals surface area (Å²) in [6, 6.07) is 39.1. The monoisotopic (exact) mass is 1100 g/mol. The third-order valence-electron chi connectivity index (χ3n) is 12.8. The number of rotatable bonds is 19. The lowest BCUT2D eigenvalue weighted by Crippen LogP contribution is -2.32. The second kappa shape index (κ2) is 22.6. The standard InChI is InChI=1S/C58H59F3N2O8S4/c1-40-30-41(2)56(42(3)31-40)74(68,69)62(37-45-21-25-49(26-22-45)51-16-12-19-54(35-51)72(6,64)65)29-10-8-9-14-47-32-43(4)57(44(5)33-47)75(70,71)63(39-48-15-11-18-53(34-48)58(59,60)61)38-46-23-27-50(28-24-46)52-17-13-20-55(36-52)73(7,66)67/h8,10-13,15-28,30-36H,9,14,29,37-39H2,1-7H3/b10-8+. The summed E-state index contributed by atoms with van der Waals surface area (Å²) < 4.78 is 152. The Bertz CT molecular complexity index is 3700. The molecule has 0 radical (unpaired) electrons. The van der Waals surface area contributed by atoms with E-state index in [1.54, 1.807) is 101 Å². The van der Waals surface area contributed by atoms with E-state index in [2.05, 4.69) is 0 Å². The summed E-state index contributed by atoms with van der Waals surface area (Å²) in [5.74, 6) is 0. The lowest BCUT2D eigenvalue weighted by molar-refractivity contribution is -0.137. The molecule has 0 heterocycles. The van der Waals surface area contributed by atoms with Crippen LogP contribution in [-0.4, -0.2) is 61.3 Å². The minimum Gasteiger partial charge on any atom is -0.224 e. The highest BCUT2D eigenvalue weighted by molar-refractivity contribution is 7.91. The normalized spacial score (nSPS) is 12.8. The van der Waals surface area contributed by atoms with Crippen molar-refractivity contribution < 1.29 is 46.8 Å². The molecule has 0 aromatic heterocycles. The van der Waals surface area contributed by atoms with E-state index >= 15 is 0 Å². The Kier molecular flexibility index (Phi) is 17.0. The van der Waals surface area contributed by atoms with Crippen LogP contribution in [0.1, 0.15) is 62.1 Å².